The van der Waals surface area contributed by atoms with Gasteiger partial charge in [-0.05, 0) is 19.9 Å². The van der Waals surface area contributed by atoms with Crippen molar-refractivity contribution in [2.75, 3.05) is 26.7 Å². The number of aromatic nitrogens is 2. The minimum absolute atomic E-state index is 0.00325. The molecule has 3 rings (SSSR count). The molecule has 1 aromatic rings. The van der Waals surface area contributed by atoms with Gasteiger partial charge < -0.3 is 15.2 Å². The molecule has 9 nitrogen and oxygen atoms in total. The quantitative estimate of drug-likeness (QED) is 0.743. The maximum atomic E-state index is 12.6. The lowest BCUT2D eigenvalue weighted by molar-refractivity contribution is -0.132. The first kappa shape index (κ1) is 16.8. The van der Waals surface area contributed by atoms with Crippen molar-refractivity contribution < 1.29 is 14.1 Å². The summed E-state index contributed by atoms with van der Waals surface area (Å²) in [4.78, 5) is 32.5. The van der Waals surface area contributed by atoms with Crippen molar-refractivity contribution in [3.63, 3.8) is 0 Å². The molecule has 3 heterocycles. The summed E-state index contributed by atoms with van der Waals surface area (Å²) in [6, 6.07) is -0.371. The molecule has 2 saturated heterocycles. The highest BCUT2D eigenvalue weighted by Crippen LogP contribution is 2.26. The molecule has 0 radical (unpaired) electrons. The Bertz CT molecular complexity index is 626. The smallest absolute Gasteiger partial charge is 0.325 e. The summed E-state index contributed by atoms with van der Waals surface area (Å²) < 4.78 is 5.27. The van der Waals surface area contributed by atoms with Gasteiger partial charge in [0.15, 0.2) is 5.82 Å². The third kappa shape index (κ3) is 2.78. The monoisotopic (exact) mass is 336 g/mol. The highest BCUT2D eigenvalue weighted by molar-refractivity contribution is 6.06. The highest BCUT2D eigenvalue weighted by Gasteiger charge is 2.49. The van der Waals surface area contributed by atoms with Crippen molar-refractivity contribution >= 4 is 11.9 Å². The predicted octanol–water partition coefficient (Wildman–Crippen LogP) is 0.256. The number of amides is 3. The van der Waals surface area contributed by atoms with Crippen LogP contribution < -0.4 is 10.6 Å². The lowest BCUT2D eigenvalue weighted by atomic mass is 9.93. The average molecular weight is 336 g/mol. The maximum absolute atomic E-state index is 12.6. The number of carbonyl (C=O) groups excluding carboxylic acids is 2. The first-order valence-electron chi connectivity index (χ1n) is 8.38. The van der Waals surface area contributed by atoms with Crippen LogP contribution in [-0.2, 0) is 11.3 Å². The standard InChI is InChI=1S/C15H24N6O3/c1-4-15(5-2)13(22)21(14(23)18-15)9-11-17-12(19-24-11)10-8-16-6-7-20(10)3/h10,16H,4-9H2,1-3H3,(H,18,23). The Morgan fingerprint density at radius 3 is 2.71 bits per heavy atom. The lowest BCUT2D eigenvalue weighted by Crippen LogP contribution is -2.45. The van der Waals surface area contributed by atoms with Crippen LogP contribution in [0.2, 0.25) is 0 Å². The summed E-state index contributed by atoms with van der Waals surface area (Å²) in [6.45, 7) is 6.35. The number of piperazine rings is 1. The first-order valence-corrected chi connectivity index (χ1v) is 8.38. The molecule has 2 N–H and O–H groups in total. The molecule has 0 aromatic carbocycles. The summed E-state index contributed by atoms with van der Waals surface area (Å²) in [5.41, 5.74) is -0.812. The second kappa shape index (κ2) is 6.48. The summed E-state index contributed by atoms with van der Waals surface area (Å²) in [6.07, 6.45) is 1.11. The van der Waals surface area contributed by atoms with Gasteiger partial charge in [0.1, 0.15) is 12.1 Å². The Kier molecular flexibility index (Phi) is 4.55. The van der Waals surface area contributed by atoms with E-state index >= 15 is 0 Å². The van der Waals surface area contributed by atoms with Gasteiger partial charge in [-0.1, -0.05) is 19.0 Å². The van der Waals surface area contributed by atoms with Crippen LogP contribution in [0.5, 0.6) is 0 Å². The van der Waals surface area contributed by atoms with Gasteiger partial charge in [-0.25, -0.2) is 4.79 Å². The van der Waals surface area contributed by atoms with Gasteiger partial charge in [0.2, 0.25) is 5.89 Å². The van der Waals surface area contributed by atoms with Crippen molar-refractivity contribution in [1.82, 2.24) is 30.6 Å². The summed E-state index contributed by atoms with van der Waals surface area (Å²) in [7, 11) is 2.01. The average Bonchev–Trinajstić information content (AvgIpc) is 3.14. The normalized spacial score (nSPS) is 24.5. The largest absolute Gasteiger partial charge is 0.337 e. The van der Waals surface area contributed by atoms with Crippen LogP contribution >= 0.6 is 0 Å². The zero-order chi connectivity index (χ0) is 17.3. The van der Waals surface area contributed by atoms with E-state index in [1.54, 1.807) is 0 Å². The molecule has 3 amide bonds. The van der Waals surface area contributed by atoms with Crippen LogP contribution in [0.3, 0.4) is 0 Å². The van der Waals surface area contributed by atoms with Crippen molar-refractivity contribution in [2.24, 2.45) is 0 Å². The first-order chi connectivity index (χ1) is 11.5. The number of nitrogens with zero attached hydrogens (tertiary/aromatic N) is 4. The second-order valence-corrected chi connectivity index (χ2v) is 6.36. The van der Waals surface area contributed by atoms with Crippen LogP contribution in [0.1, 0.15) is 44.4 Å². The lowest BCUT2D eigenvalue weighted by Gasteiger charge is -2.30. The van der Waals surface area contributed by atoms with Crippen molar-refractivity contribution in [1.29, 1.82) is 0 Å². The second-order valence-electron chi connectivity index (χ2n) is 6.36. The molecule has 0 saturated carbocycles. The molecule has 2 aliphatic rings. The van der Waals surface area contributed by atoms with Crippen LogP contribution in [0.15, 0.2) is 4.52 Å². The molecule has 2 fully saturated rings. The van der Waals surface area contributed by atoms with E-state index in [1.165, 1.54) is 0 Å². The van der Waals surface area contributed by atoms with E-state index < -0.39 is 11.6 Å². The summed E-state index contributed by atoms with van der Waals surface area (Å²) >= 11 is 0. The molecular weight excluding hydrogens is 312 g/mol. The van der Waals surface area contributed by atoms with Crippen molar-refractivity contribution in [3.05, 3.63) is 11.7 Å². The predicted molar refractivity (Wildman–Crippen MR) is 84.9 cm³/mol. The van der Waals surface area contributed by atoms with E-state index in [9.17, 15) is 9.59 Å². The highest BCUT2D eigenvalue weighted by atomic mass is 16.5. The van der Waals surface area contributed by atoms with E-state index in [1.807, 2.05) is 20.9 Å². The minimum Gasteiger partial charge on any atom is -0.337 e. The Morgan fingerprint density at radius 2 is 2.08 bits per heavy atom. The number of likely N-dealkylation sites (N-methyl/N-ethyl adjacent to an activating group) is 1. The zero-order valence-electron chi connectivity index (χ0n) is 14.3. The van der Waals surface area contributed by atoms with E-state index in [2.05, 4.69) is 25.7 Å². The van der Waals surface area contributed by atoms with Crippen molar-refractivity contribution in [2.45, 2.75) is 44.8 Å². The molecule has 2 aliphatic heterocycles. The Labute approximate surface area is 140 Å². The number of hydrogen-bond donors (Lipinski definition) is 2. The van der Waals surface area contributed by atoms with Gasteiger partial charge in [-0.3, -0.25) is 14.6 Å². The topological polar surface area (TPSA) is 104 Å². The molecule has 1 unspecified atom stereocenters. The molecule has 0 spiro atoms. The fourth-order valence-corrected chi connectivity index (χ4v) is 3.25. The zero-order valence-corrected chi connectivity index (χ0v) is 14.3. The Morgan fingerprint density at radius 1 is 1.33 bits per heavy atom. The van der Waals surface area contributed by atoms with Gasteiger partial charge >= 0.3 is 6.03 Å². The third-order valence-electron chi connectivity index (χ3n) is 5.04. The summed E-state index contributed by atoms with van der Waals surface area (Å²) in [5, 5.41) is 10.1. The molecule has 132 valence electrons. The number of imide groups is 1. The van der Waals surface area contributed by atoms with E-state index in [0.29, 0.717) is 18.7 Å². The van der Waals surface area contributed by atoms with Crippen LogP contribution in [0, 0.1) is 0 Å². The molecule has 9 heteroatoms. The van der Waals surface area contributed by atoms with Gasteiger partial charge in [-0.15, -0.1) is 0 Å². The van der Waals surface area contributed by atoms with Gasteiger partial charge in [0, 0.05) is 19.6 Å². The van der Waals surface area contributed by atoms with E-state index in [0.717, 1.165) is 24.5 Å². The van der Waals surface area contributed by atoms with Crippen LogP contribution in [0.4, 0.5) is 4.79 Å². The third-order valence-corrected chi connectivity index (χ3v) is 5.04. The van der Waals surface area contributed by atoms with Crippen LogP contribution in [0.25, 0.3) is 0 Å². The van der Waals surface area contributed by atoms with E-state index in [-0.39, 0.29) is 24.4 Å². The number of nitrogens with one attached hydrogen (secondary N) is 2. The Balaban J connectivity index is 1.73. The number of urea groups is 1. The molecule has 0 aliphatic carbocycles. The maximum Gasteiger partial charge on any atom is 0.325 e. The SMILES string of the molecule is CCC1(CC)NC(=O)N(Cc2nc(C3CNCCN3C)no2)C1=O. The molecule has 0 bridgehead atoms. The van der Waals surface area contributed by atoms with Gasteiger partial charge in [0.05, 0.1) is 6.04 Å². The van der Waals surface area contributed by atoms with Gasteiger partial charge in [0.25, 0.3) is 5.91 Å². The molecular formula is C15H24N6O3. The fraction of sp³-hybridized carbons (Fsp3) is 0.733. The number of hydrogen-bond acceptors (Lipinski definition) is 7. The number of rotatable bonds is 5. The molecule has 24 heavy (non-hydrogen) atoms. The minimum atomic E-state index is -0.812. The molecule has 1 aromatic heterocycles. The van der Waals surface area contributed by atoms with Crippen LogP contribution in [-0.4, -0.2) is 64.1 Å². The molecule has 1 atom stereocenters. The van der Waals surface area contributed by atoms with Crippen molar-refractivity contribution in [3.8, 4) is 0 Å². The Hall–Kier alpha value is -2.00. The van der Waals surface area contributed by atoms with Gasteiger partial charge in [-0.2, -0.15) is 4.98 Å². The summed E-state index contributed by atoms with van der Waals surface area (Å²) in [5.74, 6) is 0.619. The fourth-order valence-electron chi connectivity index (χ4n) is 3.25. The number of carbonyl (C=O) groups is 2. The van der Waals surface area contributed by atoms with E-state index in [4.69, 9.17) is 4.52 Å².